The average Bonchev–Trinajstić information content (AvgIpc) is 2.35. The molecule has 0 amide bonds. The van der Waals surface area contributed by atoms with Crippen LogP contribution in [0.15, 0.2) is 12.1 Å². The van der Waals surface area contributed by atoms with Crippen molar-refractivity contribution >= 4 is 0 Å². The molecule has 1 atom stereocenters. The van der Waals surface area contributed by atoms with Crippen molar-refractivity contribution in [3.63, 3.8) is 0 Å². The molecule has 0 aliphatic heterocycles. The number of benzene rings is 1. The Morgan fingerprint density at radius 2 is 1.50 bits per heavy atom. The van der Waals surface area contributed by atoms with Gasteiger partial charge in [-0.05, 0) is 12.3 Å². The fraction of sp³-hybridized carbons (Fsp3) is 0.571. The van der Waals surface area contributed by atoms with E-state index in [1.807, 2.05) is 12.1 Å². The highest BCUT2D eigenvalue weighted by atomic mass is 16.5. The maximum atomic E-state index is 6.24. The maximum Gasteiger partial charge on any atom is 0.131 e. The Bertz CT molecular complexity index is 366. The second-order valence-electron chi connectivity index (χ2n) is 4.68. The second-order valence-corrected chi connectivity index (χ2v) is 4.68. The Morgan fingerprint density at radius 1 is 1.00 bits per heavy atom. The molecule has 0 radical (unpaired) electrons. The summed E-state index contributed by atoms with van der Waals surface area (Å²) in [6, 6.07) is 3.55. The average molecular weight is 253 g/mol. The van der Waals surface area contributed by atoms with Gasteiger partial charge in [0.15, 0.2) is 0 Å². The molecule has 0 bridgehead atoms. The highest BCUT2D eigenvalue weighted by molar-refractivity contribution is 5.52. The first-order valence-corrected chi connectivity index (χ1v) is 6.09. The van der Waals surface area contributed by atoms with Crippen LogP contribution in [0.2, 0.25) is 0 Å². The van der Waals surface area contributed by atoms with Crippen molar-refractivity contribution in [2.24, 2.45) is 11.7 Å². The van der Waals surface area contributed by atoms with E-state index in [1.54, 1.807) is 21.3 Å². The van der Waals surface area contributed by atoms with Crippen LogP contribution in [0.1, 0.15) is 31.9 Å². The van der Waals surface area contributed by atoms with Crippen LogP contribution in [0.3, 0.4) is 0 Å². The number of methoxy groups -OCH3 is 3. The molecule has 0 heterocycles. The number of hydrogen-bond donors (Lipinski definition) is 1. The molecule has 1 unspecified atom stereocenters. The predicted molar refractivity (Wildman–Crippen MR) is 72.5 cm³/mol. The van der Waals surface area contributed by atoms with Crippen molar-refractivity contribution in [3.8, 4) is 17.2 Å². The molecule has 1 rings (SSSR count). The minimum absolute atomic E-state index is 0.110. The summed E-state index contributed by atoms with van der Waals surface area (Å²) >= 11 is 0. The second kappa shape index (κ2) is 6.50. The minimum Gasteiger partial charge on any atom is -0.496 e. The molecule has 0 spiro atoms. The lowest BCUT2D eigenvalue weighted by atomic mass is 9.96. The normalized spacial score (nSPS) is 12.4. The van der Waals surface area contributed by atoms with Gasteiger partial charge in [-0.3, -0.25) is 0 Å². The van der Waals surface area contributed by atoms with Crippen LogP contribution in [-0.4, -0.2) is 21.3 Å². The van der Waals surface area contributed by atoms with Gasteiger partial charge in [0.1, 0.15) is 17.2 Å². The number of hydrogen-bond acceptors (Lipinski definition) is 4. The molecule has 1 aromatic carbocycles. The third-order valence-electron chi connectivity index (χ3n) is 2.85. The van der Waals surface area contributed by atoms with E-state index in [1.165, 1.54) is 0 Å². The largest absolute Gasteiger partial charge is 0.496 e. The van der Waals surface area contributed by atoms with Gasteiger partial charge in [0.25, 0.3) is 0 Å². The minimum atomic E-state index is -0.110. The summed E-state index contributed by atoms with van der Waals surface area (Å²) in [5.41, 5.74) is 7.14. The van der Waals surface area contributed by atoms with Crippen LogP contribution < -0.4 is 19.9 Å². The van der Waals surface area contributed by atoms with Gasteiger partial charge < -0.3 is 19.9 Å². The highest BCUT2D eigenvalue weighted by Crippen LogP contribution is 2.39. The van der Waals surface area contributed by atoms with Crippen molar-refractivity contribution in [2.45, 2.75) is 26.3 Å². The Kier molecular flexibility index (Phi) is 5.28. The van der Waals surface area contributed by atoms with E-state index >= 15 is 0 Å². The van der Waals surface area contributed by atoms with E-state index in [0.29, 0.717) is 23.2 Å². The lowest BCUT2D eigenvalue weighted by Crippen LogP contribution is -2.15. The highest BCUT2D eigenvalue weighted by Gasteiger charge is 2.20. The van der Waals surface area contributed by atoms with Gasteiger partial charge >= 0.3 is 0 Å². The molecule has 4 nitrogen and oxygen atoms in total. The van der Waals surface area contributed by atoms with Crippen molar-refractivity contribution in [2.75, 3.05) is 21.3 Å². The van der Waals surface area contributed by atoms with Crippen molar-refractivity contribution < 1.29 is 14.2 Å². The monoisotopic (exact) mass is 253 g/mol. The van der Waals surface area contributed by atoms with Crippen molar-refractivity contribution in [1.29, 1.82) is 0 Å². The van der Waals surface area contributed by atoms with Crippen LogP contribution in [0.4, 0.5) is 0 Å². The first-order valence-electron chi connectivity index (χ1n) is 6.09. The van der Waals surface area contributed by atoms with E-state index in [9.17, 15) is 0 Å². The predicted octanol–water partition coefficient (Wildman–Crippen LogP) is 2.76. The molecule has 0 aromatic heterocycles. The molecular weight excluding hydrogens is 230 g/mol. The van der Waals surface area contributed by atoms with E-state index in [-0.39, 0.29) is 6.04 Å². The molecular formula is C14H23NO3. The summed E-state index contributed by atoms with van der Waals surface area (Å²) in [7, 11) is 4.86. The van der Waals surface area contributed by atoms with Gasteiger partial charge in [-0.25, -0.2) is 0 Å². The van der Waals surface area contributed by atoms with E-state index in [0.717, 1.165) is 12.0 Å². The molecule has 0 saturated carbocycles. The fourth-order valence-corrected chi connectivity index (χ4v) is 2.02. The van der Waals surface area contributed by atoms with Crippen molar-refractivity contribution in [1.82, 2.24) is 0 Å². The first-order chi connectivity index (χ1) is 8.53. The molecule has 102 valence electrons. The van der Waals surface area contributed by atoms with Crippen LogP contribution in [0, 0.1) is 5.92 Å². The van der Waals surface area contributed by atoms with Crippen molar-refractivity contribution in [3.05, 3.63) is 17.7 Å². The molecule has 0 aliphatic carbocycles. The topological polar surface area (TPSA) is 53.7 Å². The zero-order chi connectivity index (χ0) is 13.7. The number of ether oxygens (including phenoxy) is 3. The molecule has 18 heavy (non-hydrogen) atoms. The van der Waals surface area contributed by atoms with Crippen LogP contribution >= 0.6 is 0 Å². The lowest BCUT2D eigenvalue weighted by Gasteiger charge is -2.21. The van der Waals surface area contributed by atoms with Gasteiger partial charge in [-0.15, -0.1) is 0 Å². The standard InChI is InChI=1S/C14H23NO3/c1-9(2)6-11(15)14-12(17-4)7-10(16-3)8-13(14)18-5/h7-9,11H,6,15H2,1-5H3. The summed E-state index contributed by atoms with van der Waals surface area (Å²) < 4.78 is 16.0. The van der Waals surface area contributed by atoms with Gasteiger partial charge in [0.2, 0.25) is 0 Å². The van der Waals surface area contributed by atoms with Gasteiger partial charge in [0.05, 0.1) is 26.9 Å². The molecule has 1 aromatic rings. The van der Waals surface area contributed by atoms with Crippen LogP contribution in [0.25, 0.3) is 0 Å². The maximum absolute atomic E-state index is 6.24. The number of nitrogens with two attached hydrogens (primary N) is 1. The smallest absolute Gasteiger partial charge is 0.131 e. The molecule has 4 heteroatoms. The molecule has 2 N–H and O–H groups in total. The summed E-state index contributed by atoms with van der Waals surface area (Å²) in [5.74, 6) is 2.62. The van der Waals surface area contributed by atoms with E-state index in [2.05, 4.69) is 13.8 Å². The summed E-state index contributed by atoms with van der Waals surface area (Å²) in [5, 5.41) is 0. The Morgan fingerprint density at radius 3 is 1.83 bits per heavy atom. The molecule has 0 aliphatic rings. The third-order valence-corrected chi connectivity index (χ3v) is 2.85. The SMILES string of the molecule is COc1cc(OC)c(C(N)CC(C)C)c(OC)c1. The van der Waals surface area contributed by atoms with Crippen LogP contribution in [0.5, 0.6) is 17.2 Å². The summed E-state index contributed by atoms with van der Waals surface area (Å²) in [6.07, 6.45) is 0.874. The summed E-state index contributed by atoms with van der Waals surface area (Å²) in [4.78, 5) is 0. The molecule has 0 saturated heterocycles. The zero-order valence-corrected chi connectivity index (χ0v) is 11.8. The Labute approximate surface area is 109 Å². The van der Waals surface area contributed by atoms with Gasteiger partial charge in [-0.2, -0.15) is 0 Å². The Hall–Kier alpha value is -1.42. The quantitative estimate of drug-likeness (QED) is 0.847. The lowest BCUT2D eigenvalue weighted by molar-refractivity contribution is 0.358. The van der Waals surface area contributed by atoms with Gasteiger partial charge in [-0.1, -0.05) is 13.8 Å². The van der Waals surface area contributed by atoms with E-state index in [4.69, 9.17) is 19.9 Å². The van der Waals surface area contributed by atoms with Crippen LogP contribution in [-0.2, 0) is 0 Å². The molecule has 0 fully saturated rings. The fourth-order valence-electron chi connectivity index (χ4n) is 2.02. The zero-order valence-electron chi connectivity index (χ0n) is 11.8. The first kappa shape index (κ1) is 14.6. The van der Waals surface area contributed by atoms with E-state index < -0.39 is 0 Å². The Balaban J connectivity index is 3.21. The number of rotatable bonds is 6. The third kappa shape index (κ3) is 3.29. The van der Waals surface area contributed by atoms with Gasteiger partial charge in [0, 0.05) is 18.2 Å². The summed E-state index contributed by atoms with van der Waals surface area (Å²) in [6.45, 7) is 4.28.